The third kappa shape index (κ3) is 3.88. The quantitative estimate of drug-likeness (QED) is 0.274. The summed E-state index contributed by atoms with van der Waals surface area (Å²) in [6.07, 6.45) is 1.95. The topological polar surface area (TPSA) is 116 Å². The number of carbonyl (C=O) groups is 4. The van der Waals surface area contributed by atoms with Crippen LogP contribution in [0.1, 0.15) is 42.2 Å². The molecular weight excluding hydrogens is 428 g/mol. The van der Waals surface area contributed by atoms with Gasteiger partial charge in [-0.25, -0.2) is 4.79 Å². The molecule has 0 atom stereocenters. The number of amides is 1. The van der Waals surface area contributed by atoms with Gasteiger partial charge in [-0.1, -0.05) is 24.3 Å². The van der Waals surface area contributed by atoms with Crippen molar-refractivity contribution in [2.45, 2.75) is 4.90 Å². The Morgan fingerprint density at radius 3 is 2.22 bits per heavy atom. The Labute approximate surface area is 188 Å². The summed E-state index contributed by atoms with van der Waals surface area (Å²) in [7, 11) is 0. The van der Waals surface area contributed by atoms with E-state index in [-0.39, 0.29) is 33.7 Å². The molecule has 0 aliphatic heterocycles. The second kappa shape index (κ2) is 8.68. The van der Waals surface area contributed by atoms with Gasteiger partial charge in [0.1, 0.15) is 0 Å². The van der Waals surface area contributed by atoms with Crippen LogP contribution in [0, 0.1) is 0 Å². The number of nitrogens with two attached hydrogens (primary N) is 1. The Bertz CT molecular complexity index is 1270. The molecule has 3 aromatic rings. The molecule has 0 spiro atoms. The second-order valence-electron chi connectivity index (χ2n) is 7.01. The Kier molecular flexibility index (Phi) is 5.79. The molecule has 0 unspecified atom stereocenters. The molecule has 0 saturated carbocycles. The van der Waals surface area contributed by atoms with Gasteiger partial charge in [-0.2, -0.15) is 0 Å². The molecule has 0 bridgehead atoms. The smallest absolute Gasteiger partial charge is 0.340 e. The molecule has 0 saturated heterocycles. The number of fused-ring (bicyclic) bond motifs is 2. The van der Waals surface area contributed by atoms with Crippen molar-refractivity contribution in [1.29, 1.82) is 0 Å². The van der Waals surface area contributed by atoms with Gasteiger partial charge in [-0.05, 0) is 42.7 Å². The lowest BCUT2D eigenvalue weighted by atomic mass is 9.82. The highest BCUT2D eigenvalue weighted by Gasteiger charge is 2.33. The van der Waals surface area contributed by atoms with E-state index in [9.17, 15) is 19.2 Å². The van der Waals surface area contributed by atoms with Crippen LogP contribution in [0.5, 0.6) is 0 Å². The number of benzene rings is 3. The molecular formula is C24H18N2O5S. The Morgan fingerprint density at radius 1 is 0.906 bits per heavy atom. The van der Waals surface area contributed by atoms with E-state index in [0.29, 0.717) is 11.3 Å². The molecule has 160 valence electrons. The number of thioether (sulfide) groups is 1. The molecule has 1 aliphatic carbocycles. The number of hydrogen-bond acceptors (Lipinski definition) is 7. The van der Waals surface area contributed by atoms with Gasteiger partial charge in [-0.15, -0.1) is 11.8 Å². The molecule has 1 amide bonds. The predicted molar refractivity (Wildman–Crippen MR) is 121 cm³/mol. The fourth-order valence-electron chi connectivity index (χ4n) is 3.47. The first-order chi connectivity index (χ1) is 15.4. The SMILES string of the molecule is CSc1ccc(NC(=O)COC(=O)c2ccc3c(c2N)C(=O)c2ccccc2C3=O)cc1. The largest absolute Gasteiger partial charge is 0.452 e. The Balaban J connectivity index is 1.49. The summed E-state index contributed by atoms with van der Waals surface area (Å²) < 4.78 is 5.08. The zero-order valence-corrected chi connectivity index (χ0v) is 17.8. The van der Waals surface area contributed by atoms with Crippen LogP contribution in [0.25, 0.3) is 0 Å². The highest BCUT2D eigenvalue weighted by Crippen LogP contribution is 2.32. The molecule has 32 heavy (non-hydrogen) atoms. The van der Waals surface area contributed by atoms with E-state index < -0.39 is 24.3 Å². The fraction of sp³-hybridized carbons (Fsp3) is 0.0833. The fourth-order valence-corrected chi connectivity index (χ4v) is 3.88. The molecule has 0 fully saturated rings. The molecule has 0 heterocycles. The number of anilines is 2. The number of ether oxygens (including phenoxy) is 1. The highest BCUT2D eigenvalue weighted by atomic mass is 32.2. The summed E-state index contributed by atoms with van der Waals surface area (Å²) in [5.41, 5.74) is 7.07. The Hall–Kier alpha value is -3.91. The summed E-state index contributed by atoms with van der Waals surface area (Å²) in [6.45, 7) is -0.532. The molecule has 4 rings (SSSR count). The molecule has 7 nitrogen and oxygen atoms in total. The van der Waals surface area contributed by atoms with E-state index in [4.69, 9.17) is 10.5 Å². The van der Waals surface area contributed by atoms with Crippen molar-refractivity contribution in [2.24, 2.45) is 0 Å². The lowest BCUT2D eigenvalue weighted by Crippen LogP contribution is -2.25. The maximum atomic E-state index is 12.9. The number of nitrogen functional groups attached to an aromatic ring is 1. The van der Waals surface area contributed by atoms with Gasteiger partial charge < -0.3 is 15.8 Å². The summed E-state index contributed by atoms with van der Waals surface area (Å²) in [5, 5.41) is 2.63. The van der Waals surface area contributed by atoms with E-state index in [1.807, 2.05) is 18.4 Å². The normalized spacial score (nSPS) is 12.0. The standard InChI is InChI=1S/C24H18N2O5S/c1-32-14-8-6-13(7-9-14)26-19(27)12-31-24(30)18-11-10-17-20(21(18)25)23(29)16-5-3-2-4-15(16)22(17)28/h2-11H,12,25H2,1H3,(H,26,27). The predicted octanol–water partition coefficient (Wildman–Crippen LogP) is 3.56. The monoisotopic (exact) mass is 446 g/mol. The van der Waals surface area contributed by atoms with Gasteiger partial charge in [0, 0.05) is 27.3 Å². The third-order valence-corrected chi connectivity index (χ3v) is 5.81. The van der Waals surface area contributed by atoms with Crippen LogP contribution < -0.4 is 11.1 Å². The summed E-state index contributed by atoms with van der Waals surface area (Å²) in [4.78, 5) is 51.4. The molecule has 3 N–H and O–H groups in total. The number of esters is 1. The number of carbonyl (C=O) groups excluding carboxylic acids is 4. The van der Waals surface area contributed by atoms with Gasteiger partial charge in [0.2, 0.25) is 0 Å². The average Bonchev–Trinajstić information content (AvgIpc) is 2.81. The number of hydrogen-bond donors (Lipinski definition) is 2. The van der Waals surface area contributed by atoms with Crippen LogP contribution in [0.2, 0.25) is 0 Å². The van der Waals surface area contributed by atoms with Crippen LogP contribution in [-0.2, 0) is 9.53 Å². The van der Waals surface area contributed by atoms with Gasteiger partial charge in [0.05, 0.1) is 16.8 Å². The first kappa shape index (κ1) is 21.3. The zero-order valence-electron chi connectivity index (χ0n) is 17.0. The minimum atomic E-state index is -0.864. The molecule has 0 radical (unpaired) electrons. The summed E-state index contributed by atoms with van der Waals surface area (Å²) in [5.74, 6) is -2.16. The number of nitrogens with one attached hydrogen (secondary N) is 1. The zero-order chi connectivity index (χ0) is 22.8. The van der Waals surface area contributed by atoms with E-state index >= 15 is 0 Å². The van der Waals surface area contributed by atoms with E-state index in [0.717, 1.165) is 4.90 Å². The van der Waals surface area contributed by atoms with Gasteiger partial charge in [-0.3, -0.25) is 14.4 Å². The lowest BCUT2D eigenvalue weighted by Gasteiger charge is -2.20. The second-order valence-corrected chi connectivity index (χ2v) is 7.89. The molecule has 8 heteroatoms. The van der Waals surface area contributed by atoms with Crippen LogP contribution in [0.3, 0.4) is 0 Å². The Morgan fingerprint density at radius 2 is 1.56 bits per heavy atom. The summed E-state index contributed by atoms with van der Waals surface area (Å²) >= 11 is 1.58. The van der Waals surface area contributed by atoms with Crippen molar-refractivity contribution >= 4 is 46.6 Å². The minimum absolute atomic E-state index is 0.0264. The number of rotatable bonds is 5. The van der Waals surface area contributed by atoms with Crippen molar-refractivity contribution in [3.8, 4) is 0 Å². The number of ketones is 2. The first-order valence-electron chi connectivity index (χ1n) is 9.62. The van der Waals surface area contributed by atoms with Gasteiger partial charge >= 0.3 is 5.97 Å². The maximum Gasteiger partial charge on any atom is 0.340 e. The molecule has 0 aromatic heterocycles. The first-order valence-corrected chi connectivity index (χ1v) is 10.8. The minimum Gasteiger partial charge on any atom is -0.452 e. The highest BCUT2D eigenvalue weighted by molar-refractivity contribution is 7.98. The van der Waals surface area contributed by atoms with Crippen molar-refractivity contribution in [1.82, 2.24) is 0 Å². The van der Waals surface area contributed by atoms with Crippen molar-refractivity contribution in [3.63, 3.8) is 0 Å². The summed E-state index contributed by atoms with van der Waals surface area (Å²) in [6, 6.07) is 16.3. The van der Waals surface area contributed by atoms with Gasteiger partial charge in [0.25, 0.3) is 5.91 Å². The van der Waals surface area contributed by atoms with Crippen molar-refractivity contribution in [2.75, 3.05) is 23.9 Å². The van der Waals surface area contributed by atoms with Gasteiger partial charge in [0.15, 0.2) is 18.2 Å². The average molecular weight is 446 g/mol. The van der Waals surface area contributed by atoms with Crippen LogP contribution in [0.15, 0.2) is 65.6 Å². The van der Waals surface area contributed by atoms with E-state index in [2.05, 4.69) is 5.32 Å². The van der Waals surface area contributed by atoms with Crippen LogP contribution >= 0.6 is 11.8 Å². The van der Waals surface area contributed by atoms with E-state index in [1.165, 1.54) is 12.1 Å². The van der Waals surface area contributed by atoms with Crippen molar-refractivity contribution in [3.05, 3.63) is 88.5 Å². The van der Waals surface area contributed by atoms with E-state index in [1.54, 1.807) is 48.2 Å². The van der Waals surface area contributed by atoms with Crippen molar-refractivity contribution < 1.29 is 23.9 Å². The maximum absolute atomic E-state index is 12.9. The third-order valence-electron chi connectivity index (χ3n) is 5.06. The molecule has 1 aliphatic rings. The molecule has 3 aromatic carbocycles. The van der Waals surface area contributed by atoms with Crippen LogP contribution in [-0.4, -0.2) is 36.3 Å². The van der Waals surface area contributed by atoms with Crippen LogP contribution in [0.4, 0.5) is 11.4 Å². The lowest BCUT2D eigenvalue weighted by molar-refractivity contribution is -0.119.